The normalized spacial score (nSPS) is 15.6. The van der Waals surface area contributed by atoms with Crippen LogP contribution < -0.4 is 0 Å². The molecule has 1 fully saturated rings. The van der Waals surface area contributed by atoms with Gasteiger partial charge in [-0.25, -0.2) is 4.39 Å². The Kier molecular flexibility index (Phi) is 4.54. The Balaban J connectivity index is 2.07. The molecule has 0 saturated heterocycles. The number of hydrogen-bond acceptors (Lipinski definition) is 1. The van der Waals surface area contributed by atoms with Crippen molar-refractivity contribution in [3.63, 3.8) is 0 Å². The SMILES string of the molecule is O=C(C=C1CCCCC1)Cc1c(F)cccc1Cl. The Labute approximate surface area is 112 Å². The molecule has 1 aromatic rings. The number of carbonyl (C=O) groups is 1. The molecule has 0 spiro atoms. The average molecular weight is 267 g/mol. The van der Waals surface area contributed by atoms with Crippen molar-refractivity contribution < 1.29 is 9.18 Å². The molecule has 0 aliphatic heterocycles. The quantitative estimate of drug-likeness (QED) is 0.737. The first kappa shape index (κ1) is 13.3. The van der Waals surface area contributed by atoms with E-state index in [1.165, 1.54) is 18.1 Å². The second-order valence-corrected chi connectivity index (χ2v) is 5.11. The van der Waals surface area contributed by atoms with E-state index in [1.54, 1.807) is 18.2 Å². The Hall–Kier alpha value is -1.15. The highest BCUT2D eigenvalue weighted by Gasteiger charge is 2.12. The zero-order valence-electron chi connectivity index (χ0n) is 10.2. The van der Waals surface area contributed by atoms with Crippen molar-refractivity contribution in [3.05, 3.63) is 46.3 Å². The summed E-state index contributed by atoms with van der Waals surface area (Å²) in [4.78, 5) is 11.9. The smallest absolute Gasteiger partial charge is 0.160 e. The van der Waals surface area contributed by atoms with Crippen LogP contribution in [0.2, 0.25) is 5.02 Å². The molecular formula is C15H16ClFO. The van der Waals surface area contributed by atoms with Crippen molar-refractivity contribution >= 4 is 17.4 Å². The predicted molar refractivity (Wildman–Crippen MR) is 71.3 cm³/mol. The van der Waals surface area contributed by atoms with Gasteiger partial charge in [0.25, 0.3) is 0 Å². The van der Waals surface area contributed by atoms with E-state index < -0.39 is 5.82 Å². The molecule has 3 heteroatoms. The van der Waals surface area contributed by atoms with Gasteiger partial charge in [0.15, 0.2) is 5.78 Å². The zero-order chi connectivity index (χ0) is 13.0. The van der Waals surface area contributed by atoms with Gasteiger partial charge in [-0.2, -0.15) is 0 Å². The summed E-state index contributed by atoms with van der Waals surface area (Å²) in [7, 11) is 0. The van der Waals surface area contributed by atoms with E-state index in [4.69, 9.17) is 11.6 Å². The van der Waals surface area contributed by atoms with Crippen LogP contribution in [0.1, 0.15) is 37.7 Å². The van der Waals surface area contributed by atoms with Crippen LogP contribution in [0, 0.1) is 5.82 Å². The molecule has 1 nitrogen and oxygen atoms in total. The predicted octanol–water partition coefficient (Wildman–Crippen LogP) is 4.48. The number of benzene rings is 1. The second kappa shape index (κ2) is 6.14. The summed E-state index contributed by atoms with van der Waals surface area (Å²) in [5, 5.41) is 0.324. The lowest BCUT2D eigenvalue weighted by atomic mass is 9.93. The highest BCUT2D eigenvalue weighted by atomic mass is 35.5. The molecule has 0 bridgehead atoms. The van der Waals surface area contributed by atoms with Crippen molar-refractivity contribution in [1.82, 2.24) is 0 Å². The van der Waals surface area contributed by atoms with Crippen LogP contribution in [-0.4, -0.2) is 5.78 Å². The number of halogens is 2. The maximum atomic E-state index is 13.5. The standard InChI is InChI=1S/C15H16ClFO/c16-14-7-4-8-15(17)13(14)10-12(18)9-11-5-2-1-3-6-11/h4,7-9H,1-3,5-6,10H2. The first-order valence-electron chi connectivity index (χ1n) is 6.32. The van der Waals surface area contributed by atoms with Crippen molar-refractivity contribution in [1.29, 1.82) is 0 Å². The molecule has 1 aromatic carbocycles. The lowest BCUT2D eigenvalue weighted by Gasteiger charge is -2.13. The van der Waals surface area contributed by atoms with Crippen LogP contribution in [0.3, 0.4) is 0 Å². The minimum atomic E-state index is -0.405. The van der Waals surface area contributed by atoms with Crippen LogP contribution >= 0.6 is 11.6 Å². The number of ketones is 1. The summed E-state index contributed by atoms with van der Waals surface area (Å²) in [6.07, 6.45) is 7.27. The van der Waals surface area contributed by atoms with Gasteiger partial charge in [0, 0.05) is 17.0 Å². The molecule has 18 heavy (non-hydrogen) atoms. The van der Waals surface area contributed by atoms with Gasteiger partial charge in [-0.05, 0) is 43.9 Å². The maximum absolute atomic E-state index is 13.5. The van der Waals surface area contributed by atoms with Gasteiger partial charge in [0.2, 0.25) is 0 Å². The molecule has 96 valence electrons. The Bertz CT molecular complexity index is 451. The van der Waals surface area contributed by atoms with Gasteiger partial charge in [-0.3, -0.25) is 4.79 Å². The number of allylic oxidation sites excluding steroid dienone is 2. The highest BCUT2D eigenvalue weighted by molar-refractivity contribution is 6.31. The van der Waals surface area contributed by atoms with Crippen LogP contribution in [0.15, 0.2) is 29.8 Å². The molecule has 1 saturated carbocycles. The third kappa shape index (κ3) is 3.42. The topological polar surface area (TPSA) is 17.1 Å². The molecule has 1 aliphatic carbocycles. The summed E-state index contributed by atoms with van der Waals surface area (Å²) in [5.74, 6) is -0.461. The van der Waals surface area contributed by atoms with Gasteiger partial charge in [0.1, 0.15) is 5.82 Å². The molecule has 0 aromatic heterocycles. The molecule has 0 unspecified atom stereocenters. The van der Waals surface area contributed by atoms with E-state index >= 15 is 0 Å². The molecule has 0 atom stereocenters. The molecule has 2 rings (SSSR count). The fourth-order valence-electron chi connectivity index (χ4n) is 2.30. The molecule has 0 radical (unpaired) electrons. The fourth-order valence-corrected chi connectivity index (χ4v) is 2.53. The Morgan fingerprint density at radius 3 is 2.67 bits per heavy atom. The van der Waals surface area contributed by atoms with Crippen LogP contribution in [0.25, 0.3) is 0 Å². The van der Waals surface area contributed by atoms with Gasteiger partial charge in [0.05, 0.1) is 0 Å². The summed E-state index contributed by atoms with van der Waals surface area (Å²) >= 11 is 5.90. The lowest BCUT2D eigenvalue weighted by Crippen LogP contribution is -2.04. The van der Waals surface area contributed by atoms with Crippen LogP contribution in [-0.2, 0) is 11.2 Å². The molecule has 1 aliphatic rings. The van der Waals surface area contributed by atoms with E-state index in [9.17, 15) is 9.18 Å². The van der Waals surface area contributed by atoms with Crippen LogP contribution in [0.5, 0.6) is 0 Å². The summed E-state index contributed by atoms with van der Waals surface area (Å²) in [6.45, 7) is 0. The van der Waals surface area contributed by atoms with Crippen molar-refractivity contribution in [2.75, 3.05) is 0 Å². The highest BCUT2D eigenvalue weighted by Crippen LogP contribution is 2.24. The zero-order valence-corrected chi connectivity index (χ0v) is 11.0. The third-order valence-corrected chi connectivity index (χ3v) is 3.63. The Morgan fingerprint density at radius 1 is 1.28 bits per heavy atom. The third-order valence-electron chi connectivity index (χ3n) is 3.27. The van der Waals surface area contributed by atoms with Gasteiger partial charge >= 0.3 is 0 Å². The largest absolute Gasteiger partial charge is 0.294 e. The average Bonchev–Trinajstić information content (AvgIpc) is 2.35. The minimum absolute atomic E-state index is 0.0506. The summed E-state index contributed by atoms with van der Waals surface area (Å²) in [5.41, 5.74) is 1.50. The van der Waals surface area contributed by atoms with Gasteiger partial charge in [-0.15, -0.1) is 0 Å². The van der Waals surface area contributed by atoms with Gasteiger partial charge < -0.3 is 0 Å². The number of rotatable bonds is 3. The minimum Gasteiger partial charge on any atom is -0.294 e. The van der Waals surface area contributed by atoms with E-state index in [2.05, 4.69) is 0 Å². The van der Waals surface area contributed by atoms with E-state index in [0.717, 1.165) is 25.7 Å². The van der Waals surface area contributed by atoms with Crippen molar-refractivity contribution in [3.8, 4) is 0 Å². The van der Waals surface area contributed by atoms with E-state index in [0.29, 0.717) is 10.6 Å². The Morgan fingerprint density at radius 2 is 2.00 bits per heavy atom. The van der Waals surface area contributed by atoms with Crippen LogP contribution in [0.4, 0.5) is 4.39 Å². The summed E-state index contributed by atoms with van der Waals surface area (Å²) in [6, 6.07) is 4.49. The fraction of sp³-hybridized carbons (Fsp3) is 0.400. The molecule has 0 heterocycles. The molecule has 0 amide bonds. The first-order valence-corrected chi connectivity index (χ1v) is 6.70. The maximum Gasteiger partial charge on any atom is 0.160 e. The molecule has 0 N–H and O–H groups in total. The monoisotopic (exact) mass is 266 g/mol. The first-order chi connectivity index (χ1) is 8.66. The number of hydrogen-bond donors (Lipinski definition) is 0. The van der Waals surface area contributed by atoms with E-state index in [1.807, 2.05) is 0 Å². The van der Waals surface area contributed by atoms with Crippen molar-refractivity contribution in [2.24, 2.45) is 0 Å². The summed E-state index contributed by atoms with van der Waals surface area (Å²) < 4.78 is 13.5. The van der Waals surface area contributed by atoms with Crippen molar-refractivity contribution in [2.45, 2.75) is 38.5 Å². The molecular weight excluding hydrogens is 251 g/mol. The second-order valence-electron chi connectivity index (χ2n) is 4.71. The lowest BCUT2D eigenvalue weighted by molar-refractivity contribution is -0.114. The number of carbonyl (C=O) groups excluding carboxylic acids is 1. The van der Waals surface area contributed by atoms with E-state index in [-0.39, 0.29) is 12.2 Å². The van der Waals surface area contributed by atoms with Gasteiger partial charge in [-0.1, -0.05) is 29.7 Å².